The molecule has 3 rings (SSSR count). The Bertz CT molecular complexity index is 1030. The Morgan fingerprint density at radius 3 is 2.29 bits per heavy atom. The molecule has 1 atom stereocenters. The summed E-state index contributed by atoms with van der Waals surface area (Å²) in [4.78, 5) is 7.41. The number of hydrogen-bond donors (Lipinski definition) is 0. The highest BCUT2D eigenvalue weighted by molar-refractivity contribution is 5.63. The van der Waals surface area contributed by atoms with Crippen LogP contribution in [0.4, 0.5) is 30.7 Å². The van der Waals surface area contributed by atoms with Gasteiger partial charge in [-0.25, -0.2) is 9.37 Å². The molecule has 0 fully saturated rings. The first-order valence-electron chi connectivity index (χ1n) is 7.57. The van der Waals surface area contributed by atoms with E-state index in [1.54, 1.807) is 0 Å². The summed E-state index contributed by atoms with van der Waals surface area (Å²) in [5, 5.41) is 6.46. The third-order valence-corrected chi connectivity index (χ3v) is 3.76. The summed E-state index contributed by atoms with van der Waals surface area (Å²) >= 11 is 0. The van der Waals surface area contributed by atoms with E-state index >= 15 is 0 Å². The van der Waals surface area contributed by atoms with Crippen LogP contribution in [0.5, 0.6) is 5.88 Å². The van der Waals surface area contributed by atoms with E-state index < -0.39 is 36.0 Å². The third-order valence-electron chi connectivity index (χ3n) is 3.76. The monoisotopic (exact) mass is 409 g/mol. The molecule has 0 bridgehead atoms. The van der Waals surface area contributed by atoms with Crippen LogP contribution in [-0.2, 0) is 6.18 Å². The molecule has 0 saturated carbocycles. The minimum absolute atomic E-state index is 0.0617. The average Bonchev–Trinajstić information content (AvgIpc) is 3.01. The van der Waals surface area contributed by atoms with E-state index in [0.29, 0.717) is 11.3 Å². The van der Waals surface area contributed by atoms with Crippen LogP contribution < -0.4 is 4.74 Å². The van der Waals surface area contributed by atoms with Gasteiger partial charge in [-0.3, -0.25) is 9.38 Å². The molecule has 0 aromatic carbocycles. The van der Waals surface area contributed by atoms with Crippen molar-refractivity contribution in [2.75, 3.05) is 0 Å². The zero-order valence-electron chi connectivity index (χ0n) is 14.1. The molecular weight excluding hydrogens is 399 g/mol. The molecule has 1 unspecified atom stereocenters. The van der Waals surface area contributed by atoms with Gasteiger partial charge in [-0.05, 0) is 19.9 Å². The van der Waals surface area contributed by atoms with Crippen LogP contribution in [0, 0.1) is 12.7 Å². The molecule has 28 heavy (non-hydrogen) atoms. The summed E-state index contributed by atoms with van der Waals surface area (Å²) < 4.78 is 96.1. The van der Waals surface area contributed by atoms with Gasteiger partial charge in [-0.15, -0.1) is 10.2 Å². The van der Waals surface area contributed by atoms with Gasteiger partial charge in [0.15, 0.2) is 17.6 Å². The van der Waals surface area contributed by atoms with Crippen LogP contribution in [0.15, 0.2) is 18.5 Å². The lowest BCUT2D eigenvalue weighted by atomic mass is 10.1. The van der Waals surface area contributed by atoms with Crippen molar-refractivity contribution in [3.8, 4) is 17.1 Å². The lowest BCUT2D eigenvalue weighted by molar-refractivity contribution is -0.190. The Hall–Kier alpha value is -2.99. The topological polar surface area (TPSA) is 65.2 Å². The number of aryl methyl sites for hydroxylation is 1. The summed E-state index contributed by atoms with van der Waals surface area (Å²) in [5.74, 6) is -3.42. The number of aromatic nitrogens is 5. The molecule has 0 amide bonds. The zero-order valence-corrected chi connectivity index (χ0v) is 14.1. The number of rotatable bonds is 3. The second-order valence-corrected chi connectivity index (χ2v) is 5.72. The molecule has 0 radical (unpaired) electrons. The maximum Gasteiger partial charge on any atom is 0.452 e. The van der Waals surface area contributed by atoms with Crippen LogP contribution in [0.3, 0.4) is 0 Å². The highest BCUT2D eigenvalue weighted by Crippen LogP contribution is 2.32. The summed E-state index contributed by atoms with van der Waals surface area (Å²) in [7, 11) is 0. The van der Waals surface area contributed by atoms with Crippen molar-refractivity contribution in [2.24, 2.45) is 0 Å². The highest BCUT2D eigenvalue weighted by atomic mass is 19.4. The van der Waals surface area contributed by atoms with Gasteiger partial charge in [0.05, 0.1) is 11.9 Å². The Morgan fingerprint density at radius 2 is 1.71 bits per heavy atom. The number of nitrogens with zero attached hydrogens (tertiary/aromatic N) is 5. The fourth-order valence-electron chi connectivity index (χ4n) is 2.38. The van der Waals surface area contributed by atoms with E-state index in [4.69, 9.17) is 0 Å². The second kappa shape index (κ2) is 6.56. The molecule has 3 aromatic rings. The molecule has 3 heterocycles. The van der Waals surface area contributed by atoms with Gasteiger partial charge in [0.25, 0.3) is 5.88 Å². The van der Waals surface area contributed by atoms with Crippen molar-refractivity contribution in [2.45, 2.75) is 32.3 Å². The standard InChI is InChI=1S/C15H10F7N5O/c1-6-11(23-5-10-25-26-13(27(6)10)15(20,21)22)8-3-9(16)12(24-4-8)28-7(2)14(17,18)19/h3-5,7H,1-2H3. The van der Waals surface area contributed by atoms with E-state index in [-0.39, 0.29) is 22.6 Å². The van der Waals surface area contributed by atoms with E-state index in [1.807, 2.05) is 0 Å². The zero-order chi connectivity index (χ0) is 20.9. The quantitative estimate of drug-likeness (QED) is 0.613. The van der Waals surface area contributed by atoms with Gasteiger partial charge < -0.3 is 4.74 Å². The molecule has 150 valence electrons. The molecule has 0 aliphatic rings. The fourth-order valence-corrected chi connectivity index (χ4v) is 2.38. The molecule has 0 aliphatic carbocycles. The molecule has 0 N–H and O–H groups in total. The normalized spacial score (nSPS) is 13.8. The molecule has 6 nitrogen and oxygen atoms in total. The lowest BCUT2D eigenvalue weighted by Gasteiger charge is -2.17. The van der Waals surface area contributed by atoms with Gasteiger partial charge in [0.2, 0.25) is 5.82 Å². The summed E-state index contributed by atoms with van der Waals surface area (Å²) in [6, 6.07) is 0.768. The van der Waals surface area contributed by atoms with E-state index in [0.717, 1.165) is 18.5 Å². The van der Waals surface area contributed by atoms with Gasteiger partial charge in [0, 0.05) is 17.5 Å². The fraction of sp³-hybridized carbons (Fsp3) is 0.333. The van der Waals surface area contributed by atoms with Crippen molar-refractivity contribution in [3.63, 3.8) is 0 Å². The molecule has 0 spiro atoms. The van der Waals surface area contributed by atoms with E-state index in [2.05, 4.69) is 24.9 Å². The summed E-state index contributed by atoms with van der Waals surface area (Å²) in [5.41, 5.74) is -0.389. The molecular formula is C15H10F7N5O. The Balaban J connectivity index is 2.04. The first-order valence-corrected chi connectivity index (χ1v) is 7.57. The van der Waals surface area contributed by atoms with Gasteiger partial charge >= 0.3 is 12.4 Å². The van der Waals surface area contributed by atoms with Gasteiger partial charge in [-0.1, -0.05) is 0 Å². The number of ether oxygens (including phenoxy) is 1. The number of alkyl halides is 6. The van der Waals surface area contributed by atoms with E-state index in [1.165, 1.54) is 6.92 Å². The molecule has 0 saturated heterocycles. The Morgan fingerprint density at radius 1 is 1.04 bits per heavy atom. The first kappa shape index (κ1) is 19.8. The largest absolute Gasteiger partial charge is 0.463 e. The van der Waals surface area contributed by atoms with Crippen molar-refractivity contribution >= 4 is 5.65 Å². The Kier molecular flexibility index (Phi) is 4.63. The van der Waals surface area contributed by atoms with Crippen molar-refractivity contribution in [1.29, 1.82) is 0 Å². The van der Waals surface area contributed by atoms with Crippen LogP contribution in [0.2, 0.25) is 0 Å². The number of pyridine rings is 1. The minimum atomic E-state index is -4.79. The van der Waals surface area contributed by atoms with Crippen molar-refractivity contribution < 1.29 is 35.5 Å². The maximum atomic E-state index is 14.1. The minimum Gasteiger partial charge on any atom is -0.463 e. The van der Waals surface area contributed by atoms with E-state index in [9.17, 15) is 30.7 Å². The van der Waals surface area contributed by atoms with Crippen LogP contribution in [-0.4, -0.2) is 36.8 Å². The van der Waals surface area contributed by atoms with Crippen LogP contribution >= 0.6 is 0 Å². The van der Waals surface area contributed by atoms with Crippen LogP contribution in [0.25, 0.3) is 16.9 Å². The molecule has 0 aliphatic heterocycles. The maximum absolute atomic E-state index is 14.1. The number of halogens is 7. The number of fused-ring (bicyclic) bond motifs is 1. The predicted molar refractivity (Wildman–Crippen MR) is 79.9 cm³/mol. The van der Waals surface area contributed by atoms with Gasteiger partial charge in [0.1, 0.15) is 0 Å². The highest BCUT2D eigenvalue weighted by Gasteiger charge is 2.39. The molecule has 3 aromatic heterocycles. The smallest absolute Gasteiger partial charge is 0.452 e. The predicted octanol–water partition coefficient (Wildman–Crippen LogP) is 3.98. The SMILES string of the molecule is Cc1c(-c2cnc(OC(C)C(F)(F)F)c(F)c2)ncc2nnc(C(F)(F)F)n12. The van der Waals surface area contributed by atoms with Crippen molar-refractivity contribution in [1.82, 2.24) is 24.6 Å². The molecule has 13 heteroatoms. The van der Waals surface area contributed by atoms with Gasteiger partial charge in [-0.2, -0.15) is 26.3 Å². The van der Waals surface area contributed by atoms with Crippen molar-refractivity contribution in [3.05, 3.63) is 35.8 Å². The summed E-state index contributed by atoms with van der Waals surface area (Å²) in [6.07, 6.45) is -9.88. The lowest BCUT2D eigenvalue weighted by Crippen LogP contribution is -2.31. The average molecular weight is 409 g/mol. The Labute approximate surface area is 152 Å². The third kappa shape index (κ3) is 3.55. The second-order valence-electron chi connectivity index (χ2n) is 5.72. The number of hydrogen-bond acceptors (Lipinski definition) is 5. The van der Waals surface area contributed by atoms with Crippen LogP contribution in [0.1, 0.15) is 18.4 Å². The first-order chi connectivity index (χ1) is 12.9. The summed E-state index contributed by atoms with van der Waals surface area (Å²) in [6.45, 7) is 1.96.